The number of ketones is 1. The van der Waals surface area contributed by atoms with Crippen LogP contribution in [0, 0.1) is 5.92 Å². The molecule has 2 heterocycles. The van der Waals surface area contributed by atoms with Crippen LogP contribution >= 0.6 is 0 Å². The summed E-state index contributed by atoms with van der Waals surface area (Å²) in [7, 11) is 0. The van der Waals surface area contributed by atoms with Gasteiger partial charge in [0.2, 0.25) is 5.69 Å². The van der Waals surface area contributed by atoms with Gasteiger partial charge in [0.05, 0.1) is 12.9 Å². The molecule has 1 aromatic carbocycles. The van der Waals surface area contributed by atoms with Crippen LogP contribution in [0.2, 0.25) is 0 Å². The molecule has 7 nitrogen and oxygen atoms in total. The highest BCUT2D eigenvalue weighted by molar-refractivity contribution is 6.15. The fourth-order valence-electron chi connectivity index (χ4n) is 3.60. The van der Waals surface area contributed by atoms with Gasteiger partial charge in [0.15, 0.2) is 11.5 Å². The van der Waals surface area contributed by atoms with Crippen molar-refractivity contribution in [1.82, 2.24) is 14.7 Å². The van der Waals surface area contributed by atoms with Crippen LogP contribution in [0.15, 0.2) is 41.4 Å². The number of imidazole rings is 1. The van der Waals surface area contributed by atoms with Gasteiger partial charge in [-0.25, -0.2) is 9.78 Å². The monoisotopic (exact) mass is 407 g/mol. The Morgan fingerprint density at radius 1 is 1.30 bits per heavy atom. The number of nitrogens with zero attached hydrogens (tertiary/aromatic N) is 3. The first kappa shape index (κ1) is 20.1. The summed E-state index contributed by atoms with van der Waals surface area (Å²) in [5.74, 6) is 0.117. The minimum atomic E-state index is -0.628. The first-order chi connectivity index (χ1) is 14.5. The van der Waals surface area contributed by atoms with Crippen LogP contribution in [-0.4, -0.2) is 33.1 Å². The topological polar surface area (TPSA) is 87.2 Å². The van der Waals surface area contributed by atoms with E-state index in [1.807, 2.05) is 29.0 Å². The molecule has 0 N–H and O–H groups in total. The highest BCUT2D eigenvalue weighted by Gasteiger charge is 2.38. The van der Waals surface area contributed by atoms with Crippen LogP contribution in [0.1, 0.15) is 77.3 Å². The Balaban J connectivity index is 1.79. The maximum absolute atomic E-state index is 13.7. The lowest BCUT2D eigenvalue weighted by Gasteiger charge is -2.14. The molecule has 1 fully saturated rings. The Bertz CT molecular complexity index is 1060. The Morgan fingerprint density at radius 3 is 2.73 bits per heavy atom. The van der Waals surface area contributed by atoms with E-state index in [1.54, 1.807) is 19.4 Å². The first-order valence-corrected chi connectivity index (χ1v) is 10.3. The van der Waals surface area contributed by atoms with Gasteiger partial charge >= 0.3 is 5.97 Å². The van der Waals surface area contributed by atoms with Crippen molar-refractivity contribution in [1.29, 1.82) is 0 Å². The molecule has 0 atom stereocenters. The summed E-state index contributed by atoms with van der Waals surface area (Å²) in [4.78, 5) is 30.2. The normalized spacial score (nSPS) is 13.6. The predicted molar refractivity (Wildman–Crippen MR) is 110 cm³/mol. The van der Waals surface area contributed by atoms with Crippen molar-refractivity contribution in [3.05, 3.63) is 65.1 Å². The third-order valence-electron chi connectivity index (χ3n) is 5.13. The molecular weight excluding hydrogens is 382 g/mol. The van der Waals surface area contributed by atoms with Gasteiger partial charge in [-0.15, -0.1) is 0 Å². The highest BCUT2D eigenvalue weighted by Crippen LogP contribution is 2.43. The average Bonchev–Trinajstić information content (AvgIpc) is 3.24. The van der Waals surface area contributed by atoms with Crippen LogP contribution in [0.5, 0.6) is 0 Å². The van der Waals surface area contributed by atoms with E-state index >= 15 is 0 Å². The zero-order valence-corrected chi connectivity index (χ0v) is 17.4. The van der Waals surface area contributed by atoms with Gasteiger partial charge in [-0.1, -0.05) is 19.0 Å². The van der Waals surface area contributed by atoms with Crippen molar-refractivity contribution < 1.29 is 18.8 Å². The van der Waals surface area contributed by atoms with Gasteiger partial charge in [-0.05, 0) is 55.9 Å². The lowest BCUT2D eigenvalue weighted by Crippen LogP contribution is -2.15. The van der Waals surface area contributed by atoms with E-state index < -0.39 is 5.97 Å². The number of benzene rings is 1. The molecule has 2 aromatic heterocycles. The third-order valence-corrected chi connectivity index (χ3v) is 5.13. The minimum Gasteiger partial charge on any atom is -0.461 e. The maximum atomic E-state index is 13.7. The summed E-state index contributed by atoms with van der Waals surface area (Å²) in [6, 6.07) is 5.70. The Hall–Kier alpha value is -3.22. The lowest BCUT2D eigenvalue weighted by atomic mass is 9.91. The second-order valence-electron chi connectivity index (χ2n) is 8.00. The largest absolute Gasteiger partial charge is 0.461 e. The van der Waals surface area contributed by atoms with Crippen LogP contribution < -0.4 is 0 Å². The number of esters is 1. The summed E-state index contributed by atoms with van der Waals surface area (Å²) in [5.41, 5.74) is 2.62. The molecule has 30 heavy (non-hydrogen) atoms. The molecule has 0 radical (unpaired) electrons. The third kappa shape index (κ3) is 3.92. The van der Waals surface area contributed by atoms with E-state index in [1.165, 1.54) is 0 Å². The second kappa shape index (κ2) is 8.26. The summed E-state index contributed by atoms with van der Waals surface area (Å²) in [5, 5.41) is 3.91. The van der Waals surface area contributed by atoms with Gasteiger partial charge in [0.25, 0.3) is 0 Å². The van der Waals surface area contributed by atoms with Crippen molar-refractivity contribution in [3.8, 4) is 5.69 Å². The summed E-state index contributed by atoms with van der Waals surface area (Å²) < 4.78 is 12.5. The summed E-state index contributed by atoms with van der Waals surface area (Å²) >= 11 is 0. The van der Waals surface area contributed by atoms with Gasteiger partial charge in [0, 0.05) is 29.6 Å². The van der Waals surface area contributed by atoms with E-state index in [0.717, 1.165) is 30.5 Å². The standard InChI is InChI=1S/C23H25N3O4/c1-4-29-23(28)20-19(22(30-25-20)15-5-6-15)21(27)18-8-7-17(26-10-9-24-13-26)12-16(18)11-14(2)3/h7-10,12-15H,4-6,11H2,1-3H3. The molecule has 156 valence electrons. The molecule has 7 heteroatoms. The average molecular weight is 407 g/mol. The number of hydrogen-bond acceptors (Lipinski definition) is 6. The van der Waals surface area contributed by atoms with Gasteiger partial charge in [-0.2, -0.15) is 0 Å². The number of carbonyl (C=O) groups is 2. The fourth-order valence-corrected chi connectivity index (χ4v) is 3.60. The van der Waals surface area contributed by atoms with E-state index in [4.69, 9.17) is 9.26 Å². The Labute approximate surface area is 175 Å². The number of carbonyl (C=O) groups excluding carboxylic acids is 2. The lowest BCUT2D eigenvalue weighted by molar-refractivity contribution is 0.0512. The summed E-state index contributed by atoms with van der Waals surface area (Å²) in [6.45, 7) is 6.14. The van der Waals surface area contributed by atoms with Gasteiger partial charge in [0.1, 0.15) is 5.56 Å². The molecule has 0 saturated heterocycles. The SMILES string of the molecule is CCOC(=O)c1noc(C2CC2)c1C(=O)c1ccc(-n2ccnc2)cc1CC(C)C. The Morgan fingerprint density at radius 2 is 2.10 bits per heavy atom. The number of aromatic nitrogens is 3. The molecule has 1 aliphatic carbocycles. The number of ether oxygens (including phenoxy) is 1. The highest BCUT2D eigenvalue weighted by atomic mass is 16.5. The number of rotatable bonds is 8. The molecule has 1 aliphatic rings. The molecule has 0 amide bonds. The molecule has 3 aromatic rings. The van der Waals surface area contributed by atoms with Crippen molar-refractivity contribution in [2.24, 2.45) is 5.92 Å². The second-order valence-corrected chi connectivity index (χ2v) is 8.00. The van der Waals surface area contributed by atoms with E-state index in [-0.39, 0.29) is 29.6 Å². The zero-order chi connectivity index (χ0) is 21.3. The van der Waals surface area contributed by atoms with Crippen molar-refractivity contribution in [2.45, 2.75) is 46.0 Å². The van der Waals surface area contributed by atoms with Crippen LogP contribution in [-0.2, 0) is 11.2 Å². The molecule has 0 aliphatic heterocycles. The number of hydrogen-bond donors (Lipinski definition) is 0. The fraction of sp³-hybridized carbons (Fsp3) is 0.391. The first-order valence-electron chi connectivity index (χ1n) is 10.3. The molecule has 4 rings (SSSR count). The van der Waals surface area contributed by atoms with E-state index in [9.17, 15) is 9.59 Å². The molecule has 0 bridgehead atoms. The van der Waals surface area contributed by atoms with Crippen LogP contribution in [0.3, 0.4) is 0 Å². The van der Waals surface area contributed by atoms with Crippen molar-refractivity contribution >= 4 is 11.8 Å². The Kier molecular flexibility index (Phi) is 5.53. The minimum absolute atomic E-state index is 0.0297. The van der Waals surface area contributed by atoms with Crippen molar-refractivity contribution in [3.63, 3.8) is 0 Å². The van der Waals surface area contributed by atoms with E-state index in [0.29, 0.717) is 17.2 Å². The van der Waals surface area contributed by atoms with Crippen LogP contribution in [0.4, 0.5) is 0 Å². The predicted octanol–water partition coefficient (Wildman–Crippen LogP) is 4.34. The smallest absolute Gasteiger partial charge is 0.361 e. The molecule has 0 spiro atoms. The van der Waals surface area contributed by atoms with Gasteiger partial charge < -0.3 is 13.8 Å². The maximum Gasteiger partial charge on any atom is 0.361 e. The molecule has 1 saturated carbocycles. The van der Waals surface area contributed by atoms with Gasteiger partial charge in [-0.3, -0.25) is 4.79 Å². The van der Waals surface area contributed by atoms with Crippen LogP contribution in [0.25, 0.3) is 5.69 Å². The quantitative estimate of drug-likeness (QED) is 0.408. The van der Waals surface area contributed by atoms with Crippen molar-refractivity contribution in [2.75, 3.05) is 6.61 Å². The van der Waals surface area contributed by atoms with E-state index in [2.05, 4.69) is 24.0 Å². The zero-order valence-electron chi connectivity index (χ0n) is 17.4. The molecule has 0 unspecified atom stereocenters. The molecular formula is C23H25N3O4. The summed E-state index contributed by atoms with van der Waals surface area (Å²) in [6.07, 6.45) is 7.88.